The van der Waals surface area contributed by atoms with Crippen molar-refractivity contribution in [3.63, 3.8) is 0 Å². The third-order valence-corrected chi connectivity index (χ3v) is 2.46. The van der Waals surface area contributed by atoms with Gasteiger partial charge in [0.05, 0.1) is 0 Å². The zero-order valence-electron chi connectivity index (χ0n) is 10.9. The Balaban J connectivity index is 2.68. The van der Waals surface area contributed by atoms with E-state index < -0.39 is 0 Å². The summed E-state index contributed by atoms with van der Waals surface area (Å²) >= 11 is 0. The molecule has 1 aromatic carbocycles. The van der Waals surface area contributed by atoms with E-state index in [0.717, 1.165) is 11.1 Å². The topological polar surface area (TPSA) is 64.3 Å². The maximum Gasteiger partial charge on any atom is 0.258 e. The van der Waals surface area contributed by atoms with Crippen LogP contribution in [-0.4, -0.2) is 19.1 Å². The van der Waals surface area contributed by atoms with E-state index in [2.05, 4.69) is 11.9 Å². The molecule has 0 aromatic heterocycles. The molecule has 0 saturated carbocycles. The molecule has 98 valence electrons. The third kappa shape index (κ3) is 4.22. The molecule has 18 heavy (non-hydrogen) atoms. The number of rotatable bonds is 6. The number of benzene rings is 1. The Kier molecular flexibility index (Phi) is 5.39. The molecule has 0 spiro atoms. The average Bonchev–Trinajstić information content (AvgIpc) is 2.33. The van der Waals surface area contributed by atoms with E-state index in [0.29, 0.717) is 12.3 Å². The van der Waals surface area contributed by atoms with Crippen molar-refractivity contribution in [2.24, 2.45) is 5.73 Å². The van der Waals surface area contributed by atoms with Crippen molar-refractivity contribution in [2.45, 2.75) is 19.9 Å². The number of hydrogen-bond donors (Lipinski definition) is 2. The van der Waals surface area contributed by atoms with Gasteiger partial charge in [-0.25, -0.2) is 0 Å². The van der Waals surface area contributed by atoms with Gasteiger partial charge in [0.15, 0.2) is 6.61 Å². The Morgan fingerprint density at radius 2 is 2.33 bits per heavy atom. The van der Waals surface area contributed by atoms with Gasteiger partial charge in [-0.05, 0) is 25.5 Å². The Bertz CT molecular complexity index is 428. The van der Waals surface area contributed by atoms with Crippen molar-refractivity contribution in [2.75, 3.05) is 13.2 Å². The zero-order chi connectivity index (χ0) is 13.5. The highest BCUT2D eigenvalue weighted by atomic mass is 16.5. The molecule has 0 aliphatic rings. The van der Waals surface area contributed by atoms with E-state index in [1.807, 2.05) is 32.0 Å². The molecular formula is C14H20N2O2. The molecule has 0 heterocycles. The van der Waals surface area contributed by atoms with E-state index >= 15 is 0 Å². The Morgan fingerprint density at radius 1 is 1.61 bits per heavy atom. The van der Waals surface area contributed by atoms with E-state index in [1.54, 1.807) is 6.08 Å². The Morgan fingerprint density at radius 3 is 2.94 bits per heavy atom. The second-order valence-corrected chi connectivity index (χ2v) is 4.21. The fourth-order valence-corrected chi connectivity index (χ4v) is 1.52. The Labute approximate surface area is 108 Å². The van der Waals surface area contributed by atoms with Crippen LogP contribution in [0.3, 0.4) is 0 Å². The highest BCUT2D eigenvalue weighted by Gasteiger charge is 2.10. The first-order valence-electron chi connectivity index (χ1n) is 5.91. The van der Waals surface area contributed by atoms with Crippen molar-refractivity contribution >= 4 is 5.91 Å². The first-order chi connectivity index (χ1) is 8.54. The lowest BCUT2D eigenvalue weighted by molar-refractivity contribution is -0.122. The monoisotopic (exact) mass is 248 g/mol. The fourth-order valence-electron chi connectivity index (χ4n) is 1.52. The summed E-state index contributed by atoms with van der Waals surface area (Å²) < 4.78 is 5.51. The minimum atomic E-state index is -0.174. The van der Waals surface area contributed by atoms with Crippen LogP contribution in [0.15, 0.2) is 30.9 Å². The molecule has 0 radical (unpaired) electrons. The summed E-state index contributed by atoms with van der Waals surface area (Å²) in [6.07, 6.45) is 1.62. The number of amides is 1. The second-order valence-electron chi connectivity index (χ2n) is 4.21. The minimum absolute atomic E-state index is 0.0169. The molecule has 3 N–H and O–H groups in total. The van der Waals surface area contributed by atoms with Gasteiger partial charge >= 0.3 is 0 Å². The summed E-state index contributed by atoms with van der Waals surface area (Å²) in [7, 11) is 0. The summed E-state index contributed by atoms with van der Waals surface area (Å²) in [5.41, 5.74) is 7.83. The molecule has 4 heteroatoms. The van der Waals surface area contributed by atoms with Crippen LogP contribution in [0.2, 0.25) is 0 Å². The molecule has 1 atom stereocenters. The molecule has 1 rings (SSSR count). The number of nitrogens with one attached hydrogen (secondary N) is 1. The fraction of sp³-hybridized carbons (Fsp3) is 0.357. The largest absolute Gasteiger partial charge is 0.483 e. The highest BCUT2D eigenvalue weighted by Crippen LogP contribution is 2.24. The normalized spacial score (nSPS) is 11.7. The molecule has 0 saturated heterocycles. The van der Waals surface area contributed by atoms with Gasteiger partial charge in [0.25, 0.3) is 5.91 Å². The van der Waals surface area contributed by atoms with Gasteiger partial charge in [-0.1, -0.05) is 18.2 Å². The van der Waals surface area contributed by atoms with Gasteiger partial charge in [0, 0.05) is 18.2 Å². The summed E-state index contributed by atoms with van der Waals surface area (Å²) in [6, 6.07) is 5.66. The minimum Gasteiger partial charge on any atom is -0.483 e. The third-order valence-electron chi connectivity index (χ3n) is 2.46. The van der Waals surface area contributed by atoms with Gasteiger partial charge in [-0.15, -0.1) is 6.58 Å². The number of carbonyl (C=O) groups excluding carboxylic acids is 1. The lowest BCUT2D eigenvalue weighted by Gasteiger charge is -2.14. The van der Waals surface area contributed by atoms with Gasteiger partial charge in [-0.2, -0.15) is 0 Å². The molecule has 4 nitrogen and oxygen atoms in total. The maximum atomic E-state index is 11.4. The first-order valence-corrected chi connectivity index (χ1v) is 5.91. The van der Waals surface area contributed by atoms with Crippen LogP contribution in [0.25, 0.3) is 0 Å². The summed E-state index contributed by atoms with van der Waals surface area (Å²) in [4.78, 5) is 11.4. The van der Waals surface area contributed by atoms with Crippen molar-refractivity contribution in [1.29, 1.82) is 0 Å². The standard InChI is InChI=1S/C14H20N2O2/c1-4-7-16-14(17)9-18-13-8-10(2)5-6-12(13)11(3)15/h4-6,8,11H,1,7,9,15H2,2-3H3,(H,16,17). The van der Waals surface area contributed by atoms with Gasteiger partial charge in [-0.3, -0.25) is 4.79 Å². The van der Waals surface area contributed by atoms with E-state index in [-0.39, 0.29) is 18.6 Å². The van der Waals surface area contributed by atoms with Gasteiger partial charge < -0.3 is 15.8 Å². The van der Waals surface area contributed by atoms with E-state index in [4.69, 9.17) is 10.5 Å². The van der Waals surface area contributed by atoms with Crippen molar-refractivity contribution in [1.82, 2.24) is 5.32 Å². The van der Waals surface area contributed by atoms with Crippen molar-refractivity contribution in [3.8, 4) is 5.75 Å². The SMILES string of the molecule is C=CCNC(=O)COc1cc(C)ccc1C(C)N. The average molecular weight is 248 g/mol. The van der Waals surface area contributed by atoms with Crippen LogP contribution in [0, 0.1) is 6.92 Å². The predicted molar refractivity (Wildman–Crippen MR) is 72.5 cm³/mol. The smallest absolute Gasteiger partial charge is 0.258 e. The van der Waals surface area contributed by atoms with Crippen LogP contribution in [-0.2, 0) is 4.79 Å². The molecule has 0 fully saturated rings. The molecule has 0 aliphatic heterocycles. The lowest BCUT2D eigenvalue weighted by atomic mass is 10.1. The van der Waals surface area contributed by atoms with Crippen LogP contribution in [0.4, 0.5) is 0 Å². The summed E-state index contributed by atoms with van der Waals surface area (Å²) in [5, 5.41) is 2.65. The molecule has 0 bridgehead atoms. The molecule has 1 unspecified atom stereocenters. The van der Waals surface area contributed by atoms with E-state index in [9.17, 15) is 4.79 Å². The highest BCUT2D eigenvalue weighted by molar-refractivity contribution is 5.77. The van der Waals surface area contributed by atoms with Crippen molar-refractivity contribution in [3.05, 3.63) is 42.0 Å². The van der Waals surface area contributed by atoms with Crippen LogP contribution in [0.1, 0.15) is 24.1 Å². The number of carbonyl (C=O) groups is 1. The number of nitrogens with two attached hydrogens (primary N) is 1. The number of ether oxygens (including phenoxy) is 1. The number of hydrogen-bond acceptors (Lipinski definition) is 3. The Hall–Kier alpha value is -1.81. The summed E-state index contributed by atoms with van der Waals surface area (Å²) in [6.45, 7) is 7.80. The second kappa shape index (κ2) is 6.81. The first kappa shape index (κ1) is 14.3. The van der Waals surface area contributed by atoms with Crippen LogP contribution in [0.5, 0.6) is 5.75 Å². The zero-order valence-corrected chi connectivity index (χ0v) is 10.9. The number of aryl methyl sites for hydroxylation is 1. The quantitative estimate of drug-likeness (QED) is 0.753. The van der Waals surface area contributed by atoms with Gasteiger partial charge in [0.2, 0.25) is 0 Å². The lowest BCUT2D eigenvalue weighted by Crippen LogP contribution is -2.29. The molecule has 1 aromatic rings. The summed E-state index contributed by atoms with van der Waals surface area (Å²) in [5.74, 6) is 0.491. The molecule has 1 amide bonds. The predicted octanol–water partition coefficient (Wildman–Crippen LogP) is 1.70. The van der Waals surface area contributed by atoms with Gasteiger partial charge in [0.1, 0.15) is 5.75 Å². The maximum absolute atomic E-state index is 11.4. The molecular weight excluding hydrogens is 228 g/mol. The van der Waals surface area contributed by atoms with Crippen LogP contribution >= 0.6 is 0 Å². The van der Waals surface area contributed by atoms with Crippen LogP contribution < -0.4 is 15.8 Å². The van der Waals surface area contributed by atoms with Crippen molar-refractivity contribution < 1.29 is 9.53 Å². The molecule has 0 aliphatic carbocycles. The van der Waals surface area contributed by atoms with E-state index in [1.165, 1.54) is 0 Å².